The quantitative estimate of drug-likeness (QED) is 0.801. The molecule has 1 aromatic carbocycles. The van der Waals surface area contributed by atoms with Gasteiger partial charge in [0.1, 0.15) is 11.6 Å². The van der Waals surface area contributed by atoms with Gasteiger partial charge in [-0.1, -0.05) is 0 Å². The Hall–Kier alpha value is -1.58. The first-order valence-electron chi connectivity index (χ1n) is 7.40. The van der Waals surface area contributed by atoms with Crippen LogP contribution >= 0.6 is 0 Å². The minimum Gasteiger partial charge on any atom is -0.379 e. The van der Waals surface area contributed by atoms with Gasteiger partial charge in [0.05, 0.1) is 31.4 Å². The molecule has 9 heteroatoms. The lowest BCUT2D eigenvalue weighted by Gasteiger charge is -2.21. The molecule has 0 saturated carbocycles. The summed E-state index contributed by atoms with van der Waals surface area (Å²) in [5.41, 5.74) is -0.0520. The van der Waals surface area contributed by atoms with E-state index in [0.29, 0.717) is 0 Å². The molecular weight excluding hydrogens is 342 g/mol. The van der Waals surface area contributed by atoms with Crippen LogP contribution in [0.25, 0.3) is 0 Å². The Kier molecular flexibility index (Phi) is 5.89. The molecule has 6 nitrogen and oxygen atoms in total. The van der Waals surface area contributed by atoms with Crippen LogP contribution in [0.5, 0.6) is 0 Å². The standard InChI is InChI=1S/C15H20F2N2O4S/c1-19(2)24(21,22)9-11-7-23-8-14(11)18-15(20)6-10-5-12(16)3-4-13(10)17/h3-5,11,14H,6-9H2,1-2H3,(H,18,20)/t11-,14+/m0/s1. The summed E-state index contributed by atoms with van der Waals surface area (Å²) in [7, 11) is -0.557. The van der Waals surface area contributed by atoms with Crippen LogP contribution < -0.4 is 5.32 Å². The van der Waals surface area contributed by atoms with Gasteiger partial charge in [0, 0.05) is 25.6 Å². The predicted octanol–water partition coefficient (Wildman–Crippen LogP) is 0.530. The Morgan fingerprint density at radius 1 is 1.33 bits per heavy atom. The summed E-state index contributed by atoms with van der Waals surface area (Å²) in [5.74, 6) is -2.35. The summed E-state index contributed by atoms with van der Waals surface area (Å²) in [4.78, 5) is 12.1. The van der Waals surface area contributed by atoms with E-state index in [1.54, 1.807) is 0 Å². The molecule has 1 N–H and O–H groups in total. The SMILES string of the molecule is CN(C)S(=O)(=O)C[C@@H]1COC[C@H]1NC(=O)Cc1cc(F)ccc1F. The van der Waals surface area contributed by atoms with Crippen LogP contribution in [0.2, 0.25) is 0 Å². The van der Waals surface area contributed by atoms with E-state index in [0.717, 1.165) is 22.5 Å². The summed E-state index contributed by atoms with van der Waals surface area (Å²) >= 11 is 0. The third-order valence-electron chi connectivity index (χ3n) is 3.88. The van der Waals surface area contributed by atoms with E-state index in [2.05, 4.69) is 5.32 Å². The number of rotatable bonds is 6. The lowest BCUT2D eigenvalue weighted by molar-refractivity contribution is -0.121. The molecule has 0 aliphatic carbocycles. The van der Waals surface area contributed by atoms with Gasteiger partial charge in [0.2, 0.25) is 15.9 Å². The van der Waals surface area contributed by atoms with Crippen molar-refractivity contribution in [3.05, 3.63) is 35.4 Å². The summed E-state index contributed by atoms with van der Waals surface area (Å²) in [5, 5.41) is 2.65. The second-order valence-corrected chi connectivity index (χ2v) is 8.17. The van der Waals surface area contributed by atoms with Gasteiger partial charge in [-0.15, -0.1) is 0 Å². The van der Waals surface area contributed by atoms with Gasteiger partial charge in [-0.2, -0.15) is 0 Å². The zero-order chi connectivity index (χ0) is 17.9. The highest BCUT2D eigenvalue weighted by atomic mass is 32.2. The Morgan fingerprint density at radius 3 is 2.71 bits per heavy atom. The zero-order valence-corrected chi connectivity index (χ0v) is 14.3. The molecule has 1 aliphatic heterocycles. The van der Waals surface area contributed by atoms with Gasteiger partial charge in [-0.25, -0.2) is 21.5 Å². The summed E-state index contributed by atoms with van der Waals surface area (Å²) in [6.45, 7) is 0.400. The minimum atomic E-state index is -3.43. The number of sulfonamides is 1. The molecule has 0 spiro atoms. The second-order valence-electron chi connectivity index (χ2n) is 5.94. The van der Waals surface area contributed by atoms with Crippen molar-refractivity contribution >= 4 is 15.9 Å². The highest BCUT2D eigenvalue weighted by Crippen LogP contribution is 2.18. The molecule has 1 heterocycles. The van der Waals surface area contributed by atoms with E-state index in [1.807, 2.05) is 0 Å². The van der Waals surface area contributed by atoms with Crippen molar-refractivity contribution in [1.29, 1.82) is 0 Å². The molecule has 2 atom stereocenters. The van der Waals surface area contributed by atoms with Gasteiger partial charge < -0.3 is 10.1 Å². The molecule has 0 unspecified atom stereocenters. The Balaban J connectivity index is 1.99. The number of halogens is 2. The van der Waals surface area contributed by atoms with E-state index in [9.17, 15) is 22.0 Å². The normalized spacial score (nSPS) is 21.2. The molecule has 24 heavy (non-hydrogen) atoms. The monoisotopic (exact) mass is 362 g/mol. The first kappa shape index (κ1) is 18.8. The van der Waals surface area contributed by atoms with Crippen LogP contribution in [0.15, 0.2) is 18.2 Å². The van der Waals surface area contributed by atoms with E-state index in [4.69, 9.17) is 4.74 Å². The molecule has 0 radical (unpaired) electrons. The summed E-state index contributed by atoms with van der Waals surface area (Å²) in [6, 6.07) is 2.42. The number of amides is 1. The first-order chi connectivity index (χ1) is 11.2. The molecule has 0 bridgehead atoms. The molecule has 1 amide bonds. The fourth-order valence-corrected chi connectivity index (χ4v) is 3.62. The van der Waals surface area contributed by atoms with Crippen LogP contribution in [-0.2, 0) is 26.0 Å². The molecule has 1 fully saturated rings. The van der Waals surface area contributed by atoms with Crippen LogP contribution in [0.1, 0.15) is 5.56 Å². The van der Waals surface area contributed by atoms with Crippen LogP contribution in [-0.4, -0.2) is 57.7 Å². The number of benzene rings is 1. The summed E-state index contributed by atoms with van der Waals surface area (Å²) < 4.78 is 57.0. The van der Waals surface area contributed by atoms with E-state index < -0.39 is 39.5 Å². The maximum atomic E-state index is 13.6. The van der Waals surface area contributed by atoms with Gasteiger partial charge >= 0.3 is 0 Å². The van der Waals surface area contributed by atoms with Gasteiger partial charge in [-0.3, -0.25) is 4.79 Å². The fourth-order valence-electron chi connectivity index (χ4n) is 2.45. The highest BCUT2D eigenvalue weighted by molar-refractivity contribution is 7.89. The average Bonchev–Trinajstić information content (AvgIpc) is 2.89. The van der Waals surface area contributed by atoms with E-state index in [-0.39, 0.29) is 31.0 Å². The number of carbonyl (C=O) groups excluding carboxylic acids is 1. The van der Waals surface area contributed by atoms with Gasteiger partial charge in [0.25, 0.3) is 0 Å². The third-order valence-corrected chi connectivity index (χ3v) is 5.85. The Labute approximate surface area is 139 Å². The number of nitrogens with zero attached hydrogens (tertiary/aromatic N) is 1. The van der Waals surface area contributed by atoms with Gasteiger partial charge in [0.15, 0.2) is 0 Å². The molecule has 2 rings (SSSR count). The summed E-state index contributed by atoms with van der Waals surface area (Å²) in [6.07, 6.45) is -0.326. The predicted molar refractivity (Wildman–Crippen MR) is 83.8 cm³/mol. The topological polar surface area (TPSA) is 75.7 Å². The average molecular weight is 362 g/mol. The van der Waals surface area contributed by atoms with E-state index >= 15 is 0 Å². The molecule has 134 valence electrons. The number of carbonyl (C=O) groups is 1. The lowest BCUT2D eigenvalue weighted by atomic mass is 10.1. The molecule has 1 saturated heterocycles. The second kappa shape index (κ2) is 7.54. The number of hydrogen-bond donors (Lipinski definition) is 1. The Bertz CT molecular complexity index is 709. The van der Waals surface area contributed by atoms with E-state index in [1.165, 1.54) is 14.1 Å². The van der Waals surface area contributed by atoms with Crippen molar-refractivity contribution in [2.24, 2.45) is 5.92 Å². The van der Waals surface area contributed by atoms with Crippen molar-refractivity contribution in [2.45, 2.75) is 12.5 Å². The lowest BCUT2D eigenvalue weighted by Crippen LogP contribution is -2.44. The van der Waals surface area contributed by atoms with Gasteiger partial charge in [-0.05, 0) is 18.2 Å². The maximum Gasteiger partial charge on any atom is 0.224 e. The molecule has 0 aromatic heterocycles. The fraction of sp³-hybridized carbons (Fsp3) is 0.533. The van der Waals surface area contributed by atoms with Crippen molar-refractivity contribution in [3.63, 3.8) is 0 Å². The van der Waals surface area contributed by atoms with Crippen molar-refractivity contribution < 1.29 is 26.7 Å². The first-order valence-corrected chi connectivity index (χ1v) is 9.01. The zero-order valence-electron chi connectivity index (χ0n) is 13.5. The third kappa shape index (κ3) is 4.71. The van der Waals surface area contributed by atoms with Crippen LogP contribution in [0, 0.1) is 17.6 Å². The largest absolute Gasteiger partial charge is 0.379 e. The van der Waals surface area contributed by atoms with Crippen LogP contribution in [0.3, 0.4) is 0 Å². The smallest absolute Gasteiger partial charge is 0.224 e. The molecular formula is C15H20F2N2O4S. The van der Waals surface area contributed by atoms with Crippen LogP contribution in [0.4, 0.5) is 8.78 Å². The number of nitrogens with one attached hydrogen (secondary N) is 1. The van der Waals surface area contributed by atoms with Crippen molar-refractivity contribution in [2.75, 3.05) is 33.1 Å². The molecule has 1 aromatic rings. The number of hydrogen-bond acceptors (Lipinski definition) is 4. The van der Waals surface area contributed by atoms with Crippen molar-refractivity contribution in [1.82, 2.24) is 9.62 Å². The van der Waals surface area contributed by atoms with Crippen molar-refractivity contribution in [3.8, 4) is 0 Å². The number of ether oxygens (including phenoxy) is 1. The highest BCUT2D eigenvalue weighted by Gasteiger charge is 2.34. The Morgan fingerprint density at radius 2 is 2.04 bits per heavy atom. The minimum absolute atomic E-state index is 0.0520. The maximum absolute atomic E-state index is 13.6. The molecule has 1 aliphatic rings.